The van der Waals surface area contributed by atoms with Crippen molar-refractivity contribution >= 4 is 17.3 Å². The molecule has 0 heterocycles. The van der Waals surface area contributed by atoms with Crippen molar-refractivity contribution < 1.29 is 14.3 Å². The molecule has 0 aromatic heterocycles. The second kappa shape index (κ2) is 8.08. The SMILES string of the molecule is CCCCOc1ccc(OC)cc1NC(=O)c1cccc(N)c1. The molecule has 0 saturated heterocycles. The number of nitrogen functional groups attached to an aromatic ring is 1. The van der Waals surface area contributed by atoms with E-state index in [1.807, 2.05) is 0 Å². The Morgan fingerprint density at radius 3 is 2.74 bits per heavy atom. The fourth-order valence-electron chi connectivity index (χ4n) is 2.06. The minimum absolute atomic E-state index is 0.245. The van der Waals surface area contributed by atoms with E-state index in [1.54, 1.807) is 49.6 Å². The highest BCUT2D eigenvalue weighted by molar-refractivity contribution is 6.05. The Morgan fingerprint density at radius 1 is 1.22 bits per heavy atom. The monoisotopic (exact) mass is 314 g/mol. The lowest BCUT2D eigenvalue weighted by Crippen LogP contribution is -2.13. The topological polar surface area (TPSA) is 73.6 Å². The number of carbonyl (C=O) groups is 1. The lowest BCUT2D eigenvalue weighted by Gasteiger charge is -2.14. The molecule has 5 heteroatoms. The molecule has 0 bridgehead atoms. The van der Waals surface area contributed by atoms with E-state index in [0.29, 0.717) is 35.0 Å². The van der Waals surface area contributed by atoms with Crippen molar-refractivity contribution in [3.8, 4) is 11.5 Å². The lowest BCUT2D eigenvalue weighted by atomic mass is 10.2. The molecular weight excluding hydrogens is 292 g/mol. The van der Waals surface area contributed by atoms with Gasteiger partial charge in [-0.2, -0.15) is 0 Å². The van der Waals surface area contributed by atoms with Crippen LogP contribution in [0.5, 0.6) is 11.5 Å². The largest absolute Gasteiger partial charge is 0.497 e. The Kier molecular flexibility index (Phi) is 5.86. The van der Waals surface area contributed by atoms with Crippen LogP contribution in [0.15, 0.2) is 42.5 Å². The Bertz CT molecular complexity index is 671. The van der Waals surface area contributed by atoms with Crippen molar-refractivity contribution in [1.82, 2.24) is 0 Å². The quantitative estimate of drug-likeness (QED) is 0.603. The van der Waals surface area contributed by atoms with Gasteiger partial charge in [-0.25, -0.2) is 0 Å². The van der Waals surface area contributed by atoms with Crippen LogP contribution in [0.3, 0.4) is 0 Å². The third-order valence-corrected chi connectivity index (χ3v) is 3.34. The summed E-state index contributed by atoms with van der Waals surface area (Å²) in [5, 5.41) is 2.86. The number of hydrogen-bond donors (Lipinski definition) is 2. The summed E-state index contributed by atoms with van der Waals surface area (Å²) in [5.74, 6) is 1.03. The molecule has 0 fully saturated rings. The number of unbranched alkanes of at least 4 members (excludes halogenated alkanes) is 1. The second-order valence-electron chi connectivity index (χ2n) is 5.14. The Hall–Kier alpha value is -2.69. The maximum absolute atomic E-state index is 12.4. The van der Waals surface area contributed by atoms with Crippen molar-refractivity contribution in [1.29, 1.82) is 0 Å². The van der Waals surface area contributed by atoms with Gasteiger partial charge in [0, 0.05) is 17.3 Å². The molecule has 2 aromatic carbocycles. The molecule has 0 unspecified atom stereocenters. The van der Waals surface area contributed by atoms with E-state index < -0.39 is 0 Å². The van der Waals surface area contributed by atoms with Gasteiger partial charge in [0.1, 0.15) is 11.5 Å². The van der Waals surface area contributed by atoms with Crippen LogP contribution in [0.4, 0.5) is 11.4 Å². The maximum atomic E-state index is 12.4. The highest BCUT2D eigenvalue weighted by Crippen LogP contribution is 2.30. The molecule has 2 rings (SSSR count). The number of amides is 1. The number of ether oxygens (including phenoxy) is 2. The van der Waals surface area contributed by atoms with Gasteiger partial charge in [0.05, 0.1) is 19.4 Å². The molecule has 0 aliphatic rings. The fraction of sp³-hybridized carbons (Fsp3) is 0.278. The summed E-state index contributed by atoms with van der Waals surface area (Å²) in [6.45, 7) is 2.70. The number of nitrogens with one attached hydrogen (secondary N) is 1. The number of rotatable bonds is 7. The fourth-order valence-corrected chi connectivity index (χ4v) is 2.06. The smallest absolute Gasteiger partial charge is 0.255 e. The van der Waals surface area contributed by atoms with Crippen LogP contribution in [0, 0.1) is 0 Å². The van der Waals surface area contributed by atoms with Crippen LogP contribution in [0.2, 0.25) is 0 Å². The molecule has 0 spiro atoms. The standard InChI is InChI=1S/C18H22N2O3/c1-3-4-10-23-17-9-8-15(22-2)12-16(17)20-18(21)13-6-5-7-14(19)11-13/h5-9,11-12H,3-4,10,19H2,1-2H3,(H,20,21). The number of benzene rings is 2. The first-order valence-electron chi connectivity index (χ1n) is 7.61. The van der Waals surface area contributed by atoms with Gasteiger partial charge in [-0.3, -0.25) is 4.79 Å². The Balaban J connectivity index is 2.20. The van der Waals surface area contributed by atoms with Gasteiger partial charge in [-0.15, -0.1) is 0 Å². The molecule has 0 radical (unpaired) electrons. The van der Waals surface area contributed by atoms with Gasteiger partial charge in [0.15, 0.2) is 0 Å². The minimum atomic E-state index is -0.245. The number of methoxy groups -OCH3 is 1. The molecule has 2 aromatic rings. The number of nitrogens with two attached hydrogens (primary N) is 1. The summed E-state index contributed by atoms with van der Waals surface area (Å²) in [6.07, 6.45) is 2.00. The van der Waals surface area contributed by atoms with Crippen LogP contribution >= 0.6 is 0 Å². The minimum Gasteiger partial charge on any atom is -0.497 e. The molecule has 5 nitrogen and oxygen atoms in total. The summed E-state index contributed by atoms with van der Waals surface area (Å²) >= 11 is 0. The first-order chi connectivity index (χ1) is 11.1. The molecule has 3 N–H and O–H groups in total. The summed E-state index contributed by atoms with van der Waals surface area (Å²) in [5.41, 5.74) is 7.34. The van der Waals surface area contributed by atoms with Gasteiger partial charge < -0.3 is 20.5 Å². The van der Waals surface area contributed by atoms with Crippen molar-refractivity contribution in [2.45, 2.75) is 19.8 Å². The zero-order chi connectivity index (χ0) is 16.7. The second-order valence-corrected chi connectivity index (χ2v) is 5.14. The zero-order valence-electron chi connectivity index (χ0n) is 13.5. The highest BCUT2D eigenvalue weighted by atomic mass is 16.5. The van der Waals surface area contributed by atoms with Crippen LogP contribution < -0.4 is 20.5 Å². The number of hydrogen-bond acceptors (Lipinski definition) is 4. The molecule has 1 amide bonds. The molecule has 0 aliphatic carbocycles. The Labute approximate surface area is 136 Å². The first kappa shape index (κ1) is 16.7. The highest BCUT2D eigenvalue weighted by Gasteiger charge is 2.11. The van der Waals surface area contributed by atoms with E-state index in [4.69, 9.17) is 15.2 Å². The lowest BCUT2D eigenvalue weighted by molar-refractivity contribution is 0.102. The normalized spacial score (nSPS) is 10.2. The average Bonchev–Trinajstić information content (AvgIpc) is 2.56. The molecule has 0 aliphatic heterocycles. The summed E-state index contributed by atoms with van der Waals surface area (Å²) < 4.78 is 11.0. The van der Waals surface area contributed by atoms with Crippen LogP contribution in [-0.2, 0) is 0 Å². The van der Waals surface area contributed by atoms with Gasteiger partial charge in [-0.1, -0.05) is 19.4 Å². The van der Waals surface area contributed by atoms with E-state index >= 15 is 0 Å². The zero-order valence-corrected chi connectivity index (χ0v) is 13.5. The third-order valence-electron chi connectivity index (χ3n) is 3.34. The predicted octanol–water partition coefficient (Wildman–Crippen LogP) is 3.71. The van der Waals surface area contributed by atoms with E-state index in [0.717, 1.165) is 12.8 Å². The van der Waals surface area contributed by atoms with Gasteiger partial charge >= 0.3 is 0 Å². The van der Waals surface area contributed by atoms with E-state index in [2.05, 4.69) is 12.2 Å². The molecule has 0 saturated carbocycles. The third kappa shape index (κ3) is 4.64. The molecule has 23 heavy (non-hydrogen) atoms. The summed E-state index contributed by atoms with van der Waals surface area (Å²) in [7, 11) is 1.58. The van der Waals surface area contributed by atoms with E-state index in [9.17, 15) is 4.79 Å². The maximum Gasteiger partial charge on any atom is 0.255 e. The van der Waals surface area contributed by atoms with Crippen LogP contribution in [-0.4, -0.2) is 19.6 Å². The number of anilines is 2. The molecular formula is C18H22N2O3. The van der Waals surface area contributed by atoms with Crippen molar-refractivity contribution in [3.63, 3.8) is 0 Å². The van der Waals surface area contributed by atoms with Crippen molar-refractivity contribution in [2.24, 2.45) is 0 Å². The van der Waals surface area contributed by atoms with E-state index in [-0.39, 0.29) is 5.91 Å². The van der Waals surface area contributed by atoms with Gasteiger partial charge in [0.25, 0.3) is 5.91 Å². The Morgan fingerprint density at radius 2 is 2.04 bits per heavy atom. The van der Waals surface area contributed by atoms with Crippen molar-refractivity contribution in [3.05, 3.63) is 48.0 Å². The van der Waals surface area contributed by atoms with Gasteiger partial charge in [-0.05, 0) is 36.8 Å². The average molecular weight is 314 g/mol. The molecule has 122 valence electrons. The van der Waals surface area contributed by atoms with E-state index in [1.165, 1.54) is 0 Å². The van der Waals surface area contributed by atoms with Gasteiger partial charge in [0.2, 0.25) is 0 Å². The number of carbonyl (C=O) groups excluding carboxylic acids is 1. The first-order valence-corrected chi connectivity index (χ1v) is 7.61. The summed E-state index contributed by atoms with van der Waals surface area (Å²) in [4.78, 5) is 12.4. The predicted molar refractivity (Wildman–Crippen MR) is 92.2 cm³/mol. The summed E-state index contributed by atoms with van der Waals surface area (Å²) in [6, 6.07) is 12.2. The van der Waals surface area contributed by atoms with Crippen LogP contribution in [0.1, 0.15) is 30.1 Å². The van der Waals surface area contributed by atoms with Crippen LogP contribution in [0.25, 0.3) is 0 Å². The molecule has 0 atom stereocenters. The van der Waals surface area contributed by atoms with Crippen molar-refractivity contribution in [2.75, 3.05) is 24.8 Å².